The number of halogens is 1. The average molecular weight is 355 g/mol. The summed E-state index contributed by atoms with van der Waals surface area (Å²) in [5.41, 5.74) is 0.923. The van der Waals surface area contributed by atoms with Gasteiger partial charge < -0.3 is 0 Å². The highest BCUT2D eigenvalue weighted by atomic mass is 35.5. The second-order valence-electron chi connectivity index (χ2n) is 4.71. The summed E-state index contributed by atoms with van der Waals surface area (Å²) in [5.74, 6) is 0. The molecule has 0 atom stereocenters. The summed E-state index contributed by atoms with van der Waals surface area (Å²) in [4.78, 5) is 0. The Morgan fingerprint density at radius 2 is 1.81 bits per heavy atom. The minimum absolute atomic E-state index is 0.0431. The summed E-state index contributed by atoms with van der Waals surface area (Å²) in [5, 5.41) is 0.595. The zero-order valence-corrected chi connectivity index (χ0v) is 14.3. The van der Waals surface area contributed by atoms with Crippen LogP contribution >= 0.6 is 11.6 Å². The maximum Gasteiger partial charge on any atom is 0.211 e. The van der Waals surface area contributed by atoms with Crippen LogP contribution in [0.25, 0.3) is 0 Å². The average Bonchev–Trinajstić information content (AvgIpc) is 2.30. The van der Waals surface area contributed by atoms with E-state index in [1.807, 2.05) is 6.07 Å². The van der Waals surface area contributed by atoms with E-state index in [9.17, 15) is 16.8 Å². The smallest absolute Gasteiger partial charge is 0.211 e. The lowest BCUT2D eigenvalue weighted by Gasteiger charge is -2.20. The number of nitrogens with one attached hydrogen (secondary N) is 1. The van der Waals surface area contributed by atoms with Crippen LogP contribution in [0.15, 0.2) is 24.3 Å². The van der Waals surface area contributed by atoms with Gasteiger partial charge in [0, 0.05) is 24.7 Å². The first kappa shape index (κ1) is 18.4. The number of hydrogen-bond donors (Lipinski definition) is 1. The van der Waals surface area contributed by atoms with E-state index in [4.69, 9.17) is 11.6 Å². The van der Waals surface area contributed by atoms with Gasteiger partial charge in [0.25, 0.3) is 0 Å². The highest BCUT2D eigenvalue weighted by Crippen LogP contribution is 2.12. The van der Waals surface area contributed by atoms with Crippen LogP contribution in [0.5, 0.6) is 0 Å². The number of hydrogen-bond acceptors (Lipinski definition) is 4. The van der Waals surface area contributed by atoms with Crippen LogP contribution in [0.2, 0.25) is 5.02 Å². The molecule has 0 unspecified atom stereocenters. The van der Waals surface area contributed by atoms with Gasteiger partial charge in [-0.15, -0.1) is 0 Å². The summed E-state index contributed by atoms with van der Waals surface area (Å²) in [6, 6.07) is 7.18. The molecule has 0 saturated heterocycles. The molecule has 1 rings (SSSR count). The molecule has 1 aromatic carbocycles. The van der Waals surface area contributed by atoms with Crippen LogP contribution < -0.4 is 4.72 Å². The van der Waals surface area contributed by atoms with Gasteiger partial charge in [-0.2, -0.15) is 0 Å². The van der Waals surface area contributed by atoms with E-state index in [-0.39, 0.29) is 19.6 Å². The molecule has 0 spiro atoms. The van der Waals surface area contributed by atoms with Gasteiger partial charge in [0.1, 0.15) is 0 Å². The lowest BCUT2D eigenvalue weighted by molar-refractivity contribution is 0.420. The fraction of sp³-hybridized carbons (Fsp3) is 0.500. The van der Waals surface area contributed by atoms with Crippen LogP contribution in [0, 0.1) is 0 Å². The van der Waals surface area contributed by atoms with Gasteiger partial charge >= 0.3 is 0 Å². The fourth-order valence-electron chi connectivity index (χ4n) is 1.75. The number of rotatable bonds is 8. The molecule has 0 aliphatic carbocycles. The van der Waals surface area contributed by atoms with Crippen molar-refractivity contribution in [2.75, 3.05) is 32.1 Å². The van der Waals surface area contributed by atoms with E-state index in [2.05, 4.69) is 4.72 Å². The third kappa shape index (κ3) is 7.77. The molecule has 120 valence electrons. The largest absolute Gasteiger partial charge is 0.214 e. The van der Waals surface area contributed by atoms with Gasteiger partial charge in [0.15, 0.2) is 0 Å². The molecule has 0 heterocycles. The SMILES string of the molecule is CS(=O)(=O)NCCN(CCc1cccc(Cl)c1)S(C)(=O)=O. The van der Waals surface area contributed by atoms with Gasteiger partial charge in [0.05, 0.1) is 12.5 Å². The van der Waals surface area contributed by atoms with Crippen LogP contribution in [0.3, 0.4) is 0 Å². The second kappa shape index (κ2) is 7.55. The van der Waals surface area contributed by atoms with Gasteiger partial charge in [0.2, 0.25) is 20.0 Å². The summed E-state index contributed by atoms with van der Waals surface area (Å²) < 4.78 is 48.9. The van der Waals surface area contributed by atoms with Gasteiger partial charge in [-0.05, 0) is 24.1 Å². The van der Waals surface area contributed by atoms with E-state index in [1.54, 1.807) is 18.2 Å². The lowest BCUT2D eigenvalue weighted by Crippen LogP contribution is -2.38. The molecule has 0 bridgehead atoms. The Morgan fingerprint density at radius 3 is 2.33 bits per heavy atom. The van der Waals surface area contributed by atoms with E-state index in [0.717, 1.165) is 18.1 Å². The Kier molecular flexibility index (Phi) is 6.61. The van der Waals surface area contributed by atoms with Gasteiger partial charge in [-0.3, -0.25) is 0 Å². The number of benzene rings is 1. The highest BCUT2D eigenvalue weighted by molar-refractivity contribution is 7.88. The van der Waals surface area contributed by atoms with E-state index >= 15 is 0 Å². The van der Waals surface area contributed by atoms with Crippen LogP contribution in [0.4, 0.5) is 0 Å². The van der Waals surface area contributed by atoms with Crippen molar-refractivity contribution in [3.8, 4) is 0 Å². The predicted octanol–water partition coefficient (Wildman–Crippen LogP) is 0.693. The van der Waals surface area contributed by atoms with Gasteiger partial charge in [-0.25, -0.2) is 25.9 Å². The predicted molar refractivity (Wildman–Crippen MR) is 84.4 cm³/mol. The zero-order chi connectivity index (χ0) is 16.1. The molecular weight excluding hydrogens is 336 g/mol. The summed E-state index contributed by atoms with van der Waals surface area (Å²) in [7, 11) is -6.72. The highest BCUT2D eigenvalue weighted by Gasteiger charge is 2.16. The number of sulfonamides is 2. The van der Waals surface area contributed by atoms with E-state index < -0.39 is 20.0 Å². The molecule has 0 radical (unpaired) electrons. The molecule has 0 fully saturated rings. The van der Waals surface area contributed by atoms with Crippen molar-refractivity contribution in [1.29, 1.82) is 0 Å². The monoisotopic (exact) mass is 354 g/mol. The Hall–Kier alpha value is -0.670. The standard InChI is InChI=1S/C12H19ClN2O4S2/c1-20(16,17)14-7-9-15(21(2,18)19)8-6-11-4-3-5-12(13)10-11/h3-5,10,14H,6-9H2,1-2H3. The van der Waals surface area contributed by atoms with Crippen molar-refractivity contribution in [2.45, 2.75) is 6.42 Å². The van der Waals surface area contributed by atoms with Crippen molar-refractivity contribution >= 4 is 31.6 Å². The first-order valence-electron chi connectivity index (χ1n) is 6.22. The number of nitrogens with zero attached hydrogens (tertiary/aromatic N) is 1. The molecule has 0 aliphatic rings. The first-order chi connectivity index (χ1) is 9.58. The molecular formula is C12H19ClN2O4S2. The fourth-order valence-corrected chi connectivity index (χ4v) is 3.27. The summed E-state index contributed by atoms with van der Waals surface area (Å²) in [6.07, 6.45) is 2.64. The normalized spacial score (nSPS) is 12.8. The minimum Gasteiger partial charge on any atom is -0.214 e. The van der Waals surface area contributed by atoms with Gasteiger partial charge in [-0.1, -0.05) is 23.7 Å². The van der Waals surface area contributed by atoms with Crippen molar-refractivity contribution in [3.63, 3.8) is 0 Å². The molecule has 0 aliphatic heterocycles. The van der Waals surface area contributed by atoms with Crippen LogP contribution in [-0.4, -0.2) is 53.3 Å². The maximum atomic E-state index is 11.7. The molecule has 6 nitrogen and oxygen atoms in total. The third-order valence-corrected chi connectivity index (χ3v) is 5.00. The van der Waals surface area contributed by atoms with E-state index in [1.165, 1.54) is 4.31 Å². The molecule has 9 heteroatoms. The van der Waals surface area contributed by atoms with Crippen molar-refractivity contribution < 1.29 is 16.8 Å². The molecule has 1 N–H and O–H groups in total. The Bertz CT molecular complexity index is 674. The third-order valence-electron chi connectivity index (χ3n) is 2.73. The first-order valence-corrected chi connectivity index (χ1v) is 10.3. The Labute approximate surface area is 131 Å². The quantitative estimate of drug-likeness (QED) is 0.744. The zero-order valence-electron chi connectivity index (χ0n) is 11.9. The molecule has 1 aromatic rings. The molecule has 21 heavy (non-hydrogen) atoms. The Morgan fingerprint density at radius 1 is 1.14 bits per heavy atom. The Balaban J connectivity index is 2.63. The molecule has 0 saturated carbocycles. The van der Waals surface area contributed by atoms with E-state index in [0.29, 0.717) is 11.4 Å². The second-order valence-corrected chi connectivity index (χ2v) is 8.96. The summed E-state index contributed by atoms with van der Waals surface area (Å²) in [6.45, 7) is 0.401. The van der Waals surface area contributed by atoms with Crippen LogP contribution in [0.1, 0.15) is 5.56 Å². The maximum absolute atomic E-state index is 11.7. The lowest BCUT2D eigenvalue weighted by atomic mass is 10.1. The molecule has 0 amide bonds. The van der Waals surface area contributed by atoms with Crippen molar-refractivity contribution in [1.82, 2.24) is 9.03 Å². The topological polar surface area (TPSA) is 83.6 Å². The van der Waals surface area contributed by atoms with Crippen molar-refractivity contribution in [2.24, 2.45) is 0 Å². The van der Waals surface area contributed by atoms with Crippen molar-refractivity contribution in [3.05, 3.63) is 34.9 Å². The minimum atomic E-state index is -3.40. The van der Waals surface area contributed by atoms with Crippen LogP contribution in [-0.2, 0) is 26.5 Å². The summed E-state index contributed by atoms with van der Waals surface area (Å²) >= 11 is 5.88. The molecule has 0 aromatic heterocycles.